The summed E-state index contributed by atoms with van der Waals surface area (Å²) in [5.41, 5.74) is 1.14. The highest BCUT2D eigenvalue weighted by Gasteiger charge is 2.30. The third kappa shape index (κ3) is 6.24. The number of carbonyl (C=O) groups excluding carboxylic acids is 2. The molecule has 1 fully saturated rings. The van der Waals surface area contributed by atoms with Crippen molar-refractivity contribution in [2.24, 2.45) is 0 Å². The maximum absolute atomic E-state index is 12.8. The van der Waals surface area contributed by atoms with Crippen LogP contribution in [-0.2, 0) is 9.47 Å². The number of hydrogen-bond donors (Lipinski definition) is 0. The third-order valence-corrected chi connectivity index (χ3v) is 5.76. The van der Waals surface area contributed by atoms with Crippen molar-refractivity contribution >= 4 is 12.1 Å². The molecule has 8 heteroatoms. The van der Waals surface area contributed by atoms with E-state index >= 15 is 0 Å². The molecule has 0 saturated carbocycles. The van der Waals surface area contributed by atoms with Crippen molar-refractivity contribution < 1.29 is 23.8 Å². The molecule has 0 bridgehead atoms. The molecule has 1 aromatic heterocycles. The van der Waals surface area contributed by atoms with Crippen LogP contribution in [0.5, 0.6) is 11.5 Å². The van der Waals surface area contributed by atoms with Crippen molar-refractivity contribution in [3.05, 3.63) is 66.4 Å². The van der Waals surface area contributed by atoms with Crippen LogP contribution in [0.2, 0.25) is 0 Å². The number of esters is 1. The molecule has 8 nitrogen and oxygen atoms in total. The average Bonchev–Trinajstić information content (AvgIpc) is 3.30. The number of para-hydroxylation sites is 1. The van der Waals surface area contributed by atoms with Crippen molar-refractivity contribution in [3.63, 3.8) is 0 Å². The molecule has 0 radical (unpaired) electrons. The number of rotatable bonds is 6. The van der Waals surface area contributed by atoms with Gasteiger partial charge in [0.15, 0.2) is 0 Å². The van der Waals surface area contributed by atoms with Gasteiger partial charge < -0.3 is 19.1 Å². The molecule has 1 aliphatic rings. The lowest BCUT2D eigenvalue weighted by molar-refractivity contribution is 0.0167. The number of likely N-dealkylation sites (tertiary alicyclic amines) is 1. The fourth-order valence-corrected chi connectivity index (χ4v) is 4.12. The summed E-state index contributed by atoms with van der Waals surface area (Å²) in [6.45, 7) is 8.70. The summed E-state index contributed by atoms with van der Waals surface area (Å²) in [7, 11) is 0. The van der Waals surface area contributed by atoms with Crippen LogP contribution in [-0.4, -0.2) is 52.0 Å². The van der Waals surface area contributed by atoms with Crippen molar-refractivity contribution in [1.82, 2.24) is 14.7 Å². The van der Waals surface area contributed by atoms with Gasteiger partial charge in [0.1, 0.15) is 28.4 Å². The Morgan fingerprint density at radius 1 is 1.03 bits per heavy atom. The average molecular weight is 492 g/mol. The van der Waals surface area contributed by atoms with E-state index < -0.39 is 11.6 Å². The summed E-state index contributed by atoms with van der Waals surface area (Å²) in [6, 6.07) is 16.9. The van der Waals surface area contributed by atoms with E-state index in [2.05, 4.69) is 0 Å². The van der Waals surface area contributed by atoms with E-state index in [-0.39, 0.29) is 18.7 Å². The van der Waals surface area contributed by atoms with Crippen LogP contribution < -0.4 is 4.74 Å². The van der Waals surface area contributed by atoms with Crippen LogP contribution in [0, 0.1) is 0 Å². The van der Waals surface area contributed by atoms with Crippen LogP contribution in [0.4, 0.5) is 4.79 Å². The maximum Gasteiger partial charge on any atom is 0.410 e. The molecule has 0 aliphatic carbocycles. The molecular weight excluding hydrogens is 458 g/mol. The van der Waals surface area contributed by atoms with E-state index in [0.29, 0.717) is 30.1 Å². The Morgan fingerprint density at radius 3 is 2.39 bits per heavy atom. The Labute approximate surface area is 211 Å². The fraction of sp³-hybridized carbons (Fsp3) is 0.393. The minimum absolute atomic E-state index is 0.0751. The van der Waals surface area contributed by atoms with Crippen LogP contribution in [0.15, 0.2) is 60.8 Å². The van der Waals surface area contributed by atoms with Gasteiger partial charge in [-0.15, -0.1) is 0 Å². The van der Waals surface area contributed by atoms with Crippen LogP contribution in [0.3, 0.4) is 0 Å². The number of benzene rings is 2. The smallest absolute Gasteiger partial charge is 0.410 e. The largest absolute Gasteiger partial charge is 0.462 e. The lowest BCUT2D eigenvalue weighted by Gasteiger charge is -2.34. The summed E-state index contributed by atoms with van der Waals surface area (Å²) in [5.74, 6) is 0.999. The first-order valence-corrected chi connectivity index (χ1v) is 12.3. The monoisotopic (exact) mass is 491 g/mol. The van der Waals surface area contributed by atoms with Gasteiger partial charge in [0.25, 0.3) is 0 Å². The van der Waals surface area contributed by atoms with E-state index in [0.717, 1.165) is 24.2 Å². The summed E-state index contributed by atoms with van der Waals surface area (Å²) in [6.07, 6.45) is 3.05. The Morgan fingerprint density at radius 2 is 1.72 bits per heavy atom. The lowest BCUT2D eigenvalue weighted by atomic mass is 10.1. The normalized spacial score (nSPS) is 15.9. The topological polar surface area (TPSA) is 82.9 Å². The second-order valence-electron chi connectivity index (χ2n) is 9.75. The Hall–Kier alpha value is -3.81. The first-order valence-electron chi connectivity index (χ1n) is 12.3. The van der Waals surface area contributed by atoms with E-state index in [1.54, 1.807) is 22.7 Å². The van der Waals surface area contributed by atoms with Gasteiger partial charge in [-0.2, -0.15) is 5.10 Å². The predicted octanol–water partition coefficient (Wildman–Crippen LogP) is 6.09. The van der Waals surface area contributed by atoms with Gasteiger partial charge in [-0.3, -0.25) is 4.68 Å². The second-order valence-corrected chi connectivity index (χ2v) is 9.75. The van der Waals surface area contributed by atoms with Gasteiger partial charge in [-0.05, 0) is 76.9 Å². The Kier molecular flexibility index (Phi) is 7.62. The quantitative estimate of drug-likeness (QED) is 0.388. The third-order valence-electron chi connectivity index (χ3n) is 5.76. The highest BCUT2D eigenvalue weighted by Crippen LogP contribution is 2.30. The molecule has 2 aromatic carbocycles. The molecule has 1 aliphatic heterocycles. The van der Waals surface area contributed by atoms with Crippen molar-refractivity contribution in [2.45, 2.75) is 52.2 Å². The molecule has 1 atom stereocenters. The molecule has 0 N–H and O–H groups in total. The number of carbonyl (C=O) groups is 2. The van der Waals surface area contributed by atoms with E-state index in [1.807, 2.05) is 75.4 Å². The molecule has 2 heterocycles. The molecule has 36 heavy (non-hydrogen) atoms. The molecular formula is C28H33N3O5. The van der Waals surface area contributed by atoms with Crippen molar-refractivity contribution in [2.75, 3.05) is 19.7 Å². The SMILES string of the molecule is CCOC(=O)c1cn(C2CCCN(C(=O)OC(C)(C)C)C2)nc1-c1ccc(Oc2ccccc2)cc1. The van der Waals surface area contributed by atoms with E-state index in [4.69, 9.17) is 19.3 Å². The standard InChI is InChI=1S/C28H33N3O5/c1-5-34-26(32)24-19-31(21-10-9-17-30(18-21)27(33)36-28(2,3)4)29-25(24)20-13-15-23(16-14-20)35-22-11-7-6-8-12-22/h6-8,11-16,19,21H,5,9-10,17-18H2,1-4H3. The highest BCUT2D eigenvalue weighted by molar-refractivity contribution is 5.96. The van der Waals surface area contributed by atoms with Gasteiger partial charge in [-0.25, -0.2) is 9.59 Å². The molecule has 0 spiro atoms. The van der Waals surface area contributed by atoms with Gasteiger partial charge in [-0.1, -0.05) is 18.2 Å². The van der Waals surface area contributed by atoms with E-state index in [9.17, 15) is 9.59 Å². The molecule has 3 aromatic rings. The molecule has 1 unspecified atom stereocenters. The zero-order valence-electron chi connectivity index (χ0n) is 21.3. The number of piperidine rings is 1. The minimum Gasteiger partial charge on any atom is -0.462 e. The van der Waals surface area contributed by atoms with Gasteiger partial charge in [0.05, 0.1) is 12.6 Å². The van der Waals surface area contributed by atoms with Gasteiger partial charge in [0.2, 0.25) is 0 Å². The van der Waals surface area contributed by atoms with E-state index in [1.165, 1.54) is 0 Å². The zero-order chi connectivity index (χ0) is 25.7. The molecule has 1 saturated heterocycles. The summed E-state index contributed by atoms with van der Waals surface area (Å²) in [4.78, 5) is 27.1. The summed E-state index contributed by atoms with van der Waals surface area (Å²) >= 11 is 0. The molecule has 190 valence electrons. The number of hydrogen-bond acceptors (Lipinski definition) is 6. The predicted molar refractivity (Wildman–Crippen MR) is 136 cm³/mol. The summed E-state index contributed by atoms with van der Waals surface area (Å²) < 4.78 is 18.5. The lowest BCUT2D eigenvalue weighted by Crippen LogP contribution is -2.43. The molecule has 4 rings (SSSR count). The van der Waals surface area contributed by atoms with Crippen LogP contribution in [0.25, 0.3) is 11.3 Å². The van der Waals surface area contributed by atoms with Crippen LogP contribution in [0.1, 0.15) is 56.9 Å². The first kappa shape index (κ1) is 25.3. The van der Waals surface area contributed by atoms with Crippen molar-refractivity contribution in [3.8, 4) is 22.8 Å². The Balaban J connectivity index is 1.57. The number of amides is 1. The molecule has 1 amide bonds. The number of ether oxygens (including phenoxy) is 3. The first-order chi connectivity index (χ1) is 17.2. The second kappa shape index (κ2) is 10.8. The number of aromatic nitrogens is 2. The van der Waals surface area contributed by atoms with Gasteiger partial charge >= 0.3 is 12.1 Å². The zero-order valence-corrected chi connectivity index (χ0v) is 21.3. The Bertz CT molecular complexity index is 1180. The minimum atomic E-state index is -0.559. The highest BCUT2D eigenvalue weighted by atomic mass is 16.6. The van der Waals surface area contributed by atoms with Crippen LogP contribution >= 0.6 is 0 Å². The maximum atomic E-state index is 12.8. The summed E-state index contributed by atoms with van der Waals surface area (Å²) in [5, 5.41) is 4.79. The number of nitrogens with zero attached hydrogens (tertiary/aromatic N) is 3. The van der Waals surface area contributed by atoms with Crippen molar-refractivity contribution in [1.29, 1.82) is 0 Å². The fourth-order valence-electron chi connectivity index (χ4n) is 4.12. The van der Waals surface area contributed by atoms with Gasteiger partial charge in [0, 0.05) is 24.8 Å².